The fourth-order valence-corrected chi connectivity index (χ4v) is 5.20. The van der Waals surface area contributed by atoms with Crippen molar-refractivity contribution in [2.45, 2.75) is 70.4 Å². The van der Waals surface area contributed by atoms with Crippen molar-refractivity contribution in [3.8, 4) is 0 Å². The van der Waals surface area contributed by atoms with Gasteiger partial charge < -0.3 is 29.4 Å². The van der Waals surface area contributed by atoms with Gasteiger partial charge in [-0.1, -0.05) is 38.2 Å². The number of aromatic amines is 1. The van der Waals surface area contributed by atoms with Crippen molar-refractivity contribution in [2.75, 3.05) is 33.5 Å². The summed E-state index contributed by atoms with van der Waals surface area (Å²) in [5.74, 6) is 0.517. The van der Waals surface area contributed by atoms with Gasteiger partial charge in [-0.15, -0.1) is 0 Å². The predicted octanol–water partition coefficient (Wildman–Crippen LogP) is 3.51. The van der Waals surface area contributed by atoms with Gasteiger partial charge >= 0.3 is 6.09 Å². The van der Waals surface area contributed by atoms with Crippen molar-refractivity contribution in [1.29, 1.82) is 0 Å². The fourth-order valence-electron chi connectivity index (χ4n) is 5.20. The van der Waals surface area contributed by atoms with Gasteiger partial charge in [0.1, 0.15) is 29.5 Å². The van der Waals surface area contributed by atoms with Crippen LogP contribution in [0.4, 0.5) is 10.5 Å². The van der Waals surface area contributed by atoms with Gasteiger partial charge in [0.25, 0.3) is 5.56 Å². The van der Waals surface area contributed by atoms with Gasteiger partial charge in [-0.2, -0.15) is 0 Å². The van der Waals surface area contributed by atoms with Gasteiger partial charge in [0.15, 0.2) is 5.65 Å². The average Bonchev–Trinajstić information content (AvgIpc) is 3.41. The number of pyridine rings is 1. The normalized spacial score (nSPS) is 14.5. The average molecular weight is 607 g/mol. The molecule has 0 aliphatic heterocycles. The van der Waals surface area contributed by atoms with Crippen molar-refractivity contribution >= 4 is 34.8 Å². The summed E-state index contributed by atoms with van der Waals surface area (Å²) >= 11 is 0. The lowest BCUT2D eigenvalue weighted by molar-refractivity contribution is -0.123. The van der Waals surface area contributed by atoms with E-state index in [1.807, 2.05) is 0 Å². The molecule has 0 spiro atoms. The first-order chi connectivity index (χ1) is 21.1. The van der Waals surface area contributed by atoms with E-state index in [2.05, 4.69) is 20.3 Å². The number of allylic oxidation sites excluding steroid dienone is 1. The minimum Gasteiger partial charge on any atom is -0.446 e. The molecule has 0 unspecified atom stereocenters. The molecule has 0 bridgehead atoms. The quantitative estimate of drug-likeness (QED) is 0.297. The highest BCUT2D eigenvalue weighted by Gasteiger charge is 2.21. The van der Waals surface area contributed by atoms with Gasteiger partial charge in [0, 0.05) is 34.4 Å². The molecule has 236 valence electrons. The molecule has 44 heavy (non-hydrogen) atoms. The Bertz CT molecular complexity index is 1540. The number of nitrogens with one attached hydrogen (secondary N) is 2. The van der Waals surface area contributed by atoms with Gasteiger partial charge in [-0.25, -0.2) is 19.7 Å². The van der Waals surface area contributed by atoms with E-state index in [1.165, 1.54) is 58.6 Å². The van der Waals surface area contributed by atoms with Gasteiger partial charge in [0.2, 0.25) is 11.8 Å². The Morgan fingerprint density at radius 3 is 2.64 bits per heavy atom. The van der Waals surface area contributed by atoms with Crippen LogP contribution in [0.2, 0.25) is 0 Å². The zero-order chi connectivity index (χ0) is 31.6. The van der Waals surface area contributed by atoms with Crippen LogP contribution >= 0.6 is 0 Å². The summed E-state index contributed by atoms with van der Waals surface area (Å²) in [5.41, 5.74) is 1.98. The van der Waals surface area contributed by atoms with Crippen LogP contribution in [-0.2, 0) is 27.3 Å². The third-order valence-electron chi connectivity index (χ3n) is 7.63. The molecule has 0 aromatic carbocycles. The van der Waals surface area contributed by atoms with Crippen LogP contribution in [0, 0.1) is 5.92 Å². The molecule has 1 aliphatic rings. The molecule has 1 fully saturated rings. The number of hydrogen-bond acceptors (Lipinski definition) is 8. The number of rotatable bonds is 12. The second-order valence-corrected chi connectivity index (χ2v) is 11.6. The Hall–Kier alpha value is -4.55. The molecule has 4 rings (SSSR count). The summed E-state index contributed by atoms with van der Waals surface area (Å²) < 4.78 is 6.94. The largest absolute Gasteiger partial charge is 0.446 e. The van der Waals surface area contributed by atoms with Crippen LogP contribution in [0.3, 0.4) is 0 Å². The van der Waals surface area contributed by atoms with E-state index in [-0.39, 0.29) is 24.6 Å². The van der Waals surface area contributed by atoms with Crippen molar-refractivity contribution in [2.24, 2.45) is 5.92 Å². The highest BCUT2D eigenvalue weighted by molar-refractivity contribution is 5.91. The lowest BCUT2D eigenvalue weighted by Crippen LogP contribution is -2.32. The first-order valence-corrected chi connectivity index (χ1v) is 15.0. The van der Waals surface area contributed by atoms with Gasteiger partial charge in [0.05, 0.1) is 18.7 Å². The molecule has 13 nitrogen and oxygen atoms in total. The van der Waals surface area contributed by atoms with Crippen LogP contribution in [-0.4, -0.2) is 86.5 Å². The van der Waals surface area contributed by atoms with Crippen molar-refractivity contribution in [3.63, 3.8) is 0 Å². The van der Waals surface area contributed by atoms with Gasteiger partial charge in [-0.05, 0) is 43.4 Å². The van der Waals surface area contributed by atoms with Crippen LogP contribution in [0.15, 0.2) is 41.6 Å². The van der Waals surface area contributed by atoms with E-state index >= 15 is 0 Å². The summed E-state index contributed by atoms with van der Waals surface area (Å²) in [6, 6.07) is 3.20. The monoisotopic (exact) mass is 606 g/mol. The Kier molecular flexibility index (Phi) is 11.2. The highest BCUT2D eigenvalue weighted by atomic mass is 16.6. The summed E-state index contributed by atoms with van der Waals surface area (Å²) in [7, 11) is 6.40. The van der Waals surface area contributed by atoms with E-state index in [1.54, 1.807) is 52.9 Å². The van der Waals surface area contributed by atoms with Crippen molar-refractivity contribution < 1.29 is 19.1 Å². The second-order valence-electron chi connectivity index (χ2n) is 11.6. The third kappa shape index (κ3) is 8.98. The lowest BCUT2D eigenvalue weighted by Gasteiger charge is -2.20. The second kappa shape index (κ2) is 15.3. The first kappa shape index (κ1) is 32.4. The number of nitrogens with zero attached hydrogens (tertiary/aromatic N) is 6. The number of likely N-dealkylation sites (N-methyl/N-ethyl adjacent to an activating group) is 1. The number of ether oxygens (including phenoxy) is 1. The minimum absolute atomic E-state index is 0.0977. The summed E-state index contributed by atoms with van der Waals surface area (Å²) in [4.78, 5) is 69.7. The molecule has 3 aromatic rings. The molecular weight excluding hydrogens is 564 g/mol. The Morgan fingerprint density at radius 2 is 1.91 bits per heavy atom. The zero-order valence-corrected chi connectivity index (χ0v) is 25.9. The number of carbonyl (C=O) groups excluding carboxylic acids is 3. The van der Waals surface area contributed by atoms with E-state index in [0.29, 0.717) is 30.2 Å². The third-order valence-corrected chi connectivity index (χ3v) is 7.63. The van der Waals surface area contributed by atoms with Crippen molar-refractivity contribution in [3.05, 3.63) is 58.7 Å². The molecule has 0 saturated heterocycles. The fraction of sp³-hybridized carbons (Fsp3) is 0.516. The number of imidazole rings is 1. The molecule has 3 heterocycles. The van der Waals surface area contributed by atoms with E-state index in [4.69, 9.17) is 9.72 Å². The highest BCUT2D eigenvalue weighted by Crippen LogP contribution is 2.28. The number of hydrogen-bond donors (Lipinski definition) is 2. The molecule has 1 atom stereocenters. The molecule has 3 amide bonds. The Morgan fingerprint density at radius 1 is 1.14 bits per heavy atom. The number of H-pyrrole nitrogens is 1. The van der Waals surface area contributed by atoms with Crippen LogP contribution in [0.1, 0.15) is 62.9 Å². The number of anilines is 1. The first-order valence-electron chi connectivity index (χ1n) is 15.0. The zero-order valence-electron chi connectivity index (χ0n) is 25.9. The Labute approximate surface area is 256 Å². The molecule has 1 saturated carbocycles. The summed E-state index contributed by atoms with van der Waals surface area (Å²) in [6.07, 6.45) is 12.6. The summed E-state index contributed by atoms with van der Waals surface area (Å²) in [5, 5.41) is 2.67. The Balaban J connectivity index is 1.42. The number of fused-ring (bicyclic) bond motifs is 1. The maximum atomic E-state index is 13.3. The number of aromatic nitrogens is 5. The predicted molar refractivity (Wildman–Crippen MR) is 166 cm³/mol. The van der Waals surface area contributed by atoms with Crippen LogP contribution in [0.25, 0.3) is 11.2 Å². The van der Waals surface area contributed by atoms with Crippen LogP contribution in [0.5, 0.6) is 0 Å². The minimum atomic E-state index is -0.755. The maximum Gasteiger partial charge on any atom is 0.409 e. The molecule has 2 N–H and O–H groups in total. The van der Waals surface area contributed by atoms with E-state index < -0.39 is 23.7 Å². The van der Waals surface area contributed by atoms with E-state index in [9.17, 15) is 19.2 Å². The standard InChI is InChI=1S/C31H42N8O5/c1-37(2)27(41)15-9-8-13-22(44-31(43)38(3)4)18-26(40)34-23-14-10-16-39(30(23)42)19-25-35-28-24(32-20-33-29(28)36-25)17-21-11-6-5-7-12-21/h9-10,14-16,20-22H,5-8,11-13,17-19H2,1-4H3,(H,34,40)(H,32,33,35,36)/b15-9+/t22-/m0/s1. The molecule has 0 radical (unpaired) electrons. The molecule has 13 heteroatoms. The van der Waals surface area contributed by atoms with Crippen molar-refractivity contribution in [1.82, 2.24) is 34.3 Å². The number of carbonyl (C=O) groups is 3. The molecule has 3 aromatic heterocycles. The topological polar surface area (TPSA) is 155 Å². The smallest absolute Gasteiger partial charge is 0.409 e. The van der Waals surface area contributed by atoms with Gasteiger partial charge in [-0.3, -0.25) is 14.4 Å². The summed E-state index contributed by atoms with van der Waals surface area (Å²) in [6.45, 7) is 0.156. The number of amides is 3. The maximum absolute atomic E-state index is 13.3. The van der Waals surface area contributed by atoms with Crippen LogP contribution < -0.4 is 10.9 Å². The lowest BCUT2D eigenvalue weighted by atomic mass is 9.86. The molecular formula is C31H42N8O5. The van der Waals surface area contributed by atoms with E-state index in [0.717, 1.165) is 17.6 Å². The molecule has 1 aliphatic carbocycles. The SMILES string of the molecule is CN(C)C(=O)/C=C/CC[C@@H](CC(=O)Nc1cccn(Cc2nc3c(CC4CCCCC4)ncnc3[nH]2)c1=O)OC(=O)N(C)C.